The van der Waals surface area contributed by atoms with Crippen LogP contribution in [0.25, 0.3) is 0 Å². The summed E-state index contributed by atoms with van der Waals surface area (Å²) in [6, 6.07) is 8.23. The summed E-state index contributed by atoms with van der Waals surface area (Å²) in [6.45, 7) is 7.83. The molecule has 1 unspecified atom stereocenters. The van der Waals surface area contributed by atoms with Crippen LogP contribution in [0, 0.1) is 11.3 Å². The zero-order chi connectivity index (χ0) is 13.2. The maximum Gasteiger partial charge on any atom is 0.115 e. The van der Waals surface area contributed by atoms with E-state index in [4.69, 9.17) is 0 Å². The molecule has 1 aliphatic rings. The lowest BCUT2D eigenvalue weighted by Crippen LogP contribution is -2.38. The van der Waals surface area contributed by atoms with Gasteiger partial charge in [0.1, 0.15) is 5.75 Å². The van der Waals surface area contributed by atoms with Crippen LogP contribution in [-0.4, -0.2) is 17.7 Å². The summed E-state index contributed by atoms with van der Waals surface area (Å²) >= 11 is 0. The van der Waals surface area contributed by atoms with Crippen molar-refractivity contribution in [2.24, 2.45) is 11.3 Å². The second-order valence-electron chi connectivity index (χ2n) is 6.31. The fraction of sp³-hybridized carbons (Fsp3) is 0.625. The summed E-state index contributed by atoms with van der Waals surface area (Å²) in [5.41, 5.74) is 1.56. The van der Waals surface area contributed by atoms with Crippen LogP contribution >= 0.6 is 0 Å². The topological polar surface area (TPSA) is 32.3 Å². The Balaban J connectivity index is 2.05. The fourth-order valence-corrected chi connectivity index (χ4v) is 2.70. The molecule has 0 spiro atoms. The van der Waals surface area contributed by atoms with Crippen LogP contribution in [0.3, 0.4) is 0 Å². The van der Waals surface area contributed by atoms with E-state index in [1.165, 1.54) is 18.4 Å². The van der Waals surface area contributed by atoms with E-state index < -0.39 is 0 Å². The molecule has 0 radical (unpaired) electrons. The highest BCUT2D eigenvalue weighted by Gasteiger charge is 2.41. The number of aromatic hydroxyl groups is 1. The van der Waals surface area contributed by atoms with Crippen LogP contribution in [-0.2, 0) is 6.42 Å². The van der Waals surface area contributed by atoms with Crippen LogP contribution in [0.1, 0.15) is 39.2 Å². The molecule has 1 aromatic carbocycles. The molecule has 0 saturated heterocycles. The minimum absolute atomic E-state index is 0.318. The van der Waals surface area contributed by atoms with Gasteiger partial charge in [-0.1, -0.05) is 32.9 Å². The molecule has 0 aromatic heterocycles. The predicted octanol–water partition coefficient (Wildman–Crippen LogP) is 3.35. The minimum Gasteiger partial charge on any atom is -0.508 e. The highest BCUT2D eigenvalue weighted by molar-refractivity contribution is 5.28. The minimum atomic E-state index is 0.318. The third-order valence-electron chi connectivity index (χ3n) is 4.00. The monoisotopic (exact) mass is 247 g/mol. The number of benzene rings is 1. The van der Waals surface area contributed by atoms with Gasteiger partial charge in [0, 0.05) is 12.6 Å². The first-order valence-electron chi connectivity index (χ1n) is 7.01. The van der Waals surface area contributed by atoms with Gasteiger partial charge in [0.15, 0.2) is 0 Å². The molecule has 1 fully saturated rings. The van der Waals surface area contributed by atoms with E-state index in [0.29, 0.717) is 17.2 Å². The molecule has 2 nitrogen and oxygen atoms in total. The van der Waals surface area contributed by atoms with Crippen LogP contribution in [0.5, 0.6) is 5.75 Å². The first-order valence-corrected chi connectivity index (χ1v) is 7.01. The molecule has 1 aliphatic carbocycles. The van der Waals surface area contributed by atoms with Gasteiger partial charge in [0.05, 0.1) is 0 Å². The number of hydrogen-bond donors (Lipinski definition) is 2. The van der Waals surface area contributed by atoms with Gasteiger partial charge in [0.25, 0.3) is 0 Å². The summed E-state index contributed by atoms with van der Waals surface area (Å²) < 4.78 is 0. The van der Waals surface area contributed by atoms with E-state index in [9.17, 15) is 5.11 Å². The molecular formula is C16H25NO. The summed E-state index contributed by atoms with van der Waals surface area (Å²) in [4.78, 5) is 0. The Hall–Kier alpha value is -1.02. The van der Waals surface area contributed by atoms with Gasteiger partial charge in [-0.25, -0.2) is 0 Å². The van der Waals surface area contributed by atoms with Crippen molar-refractivity contribution in [3.8, 4) is 5.75 Å². The molecule has 2 rings (SSSR count). The second-order valence-corrected chi connectivity index (χ2v) is 6.31. The fourth-order valence-electron chi connectivity index (χ4n) is 2.70. The molecule has 0 bridgehead atoms. The third kappa shape index (κ3) is 3.49. The molecule has 1 aromatic rings. The van der Waals surface area contributed by atoms with E-state index >= 15 is 0 Å². The number of rotatable bonds is 6. The number of phenols is 1. The van der Waals surface area contributed by atoms with Crippen molar-refractivity contribution in [1.82, 2.24) is 5.32 Å². The van der Waals surface area contributed by atoms with Crippen LogP contribution in [0.15, 0.2) is 24.3 Å². The molecule has 0 aliphatic heterocycles. The van der Waals surface area contributed by atoms with Gasteiger partial charge in [-0.15, -0.1) is 0 Å². The van der Waals surface area contributed by atoms with E-state index in [1.807, 2.05) is 12.1 Å². The lowest BCUT2D eigenvalue weighted by Gasteiger charge is -2.31. The van der Waals surface area contributed by atoms with Crippen molar-refractivity contribution in [2.75, 3.05) is 6.54 Å². The molecule has 1 saturated carbocycles. The lowest BCUT2D eigenvalue weighted by molar-refractivity contribution is 0.248. The van der Waals surface area contributed by atoms with Gasteiger partial charge < -0.3 is 10.4 Å². The van der Waals surface area contributed by atoms with Gasteiger partial charge in [-0.3, -0.25) is 0 Å². The predicted molar refractivity (Wildman–Crippen MR) is 75.8 cm³/mol. The van der Waals surface area contributed by atoms with E-state index in [2.05, 4.69) is 32.2 Å². The first kappa shape index (κ1) is 13.4. The average molecular weight is 247 g/mol. The van der Waals surface area contributed by atoms with Crippen molar-refractivity contribution in [3.05, 3.63) is 29.8 Å². The molecule has 0 amide bonds. The molecule has 2 heteroatoms. The maximum atomic E-state index is 9.57. The van der Waals surface area contributed by atoms with Crippen molar-refractivity contribution in [2.45, 2.75) is 46.1 Å². The quantitative estimate of drug-likeness (QED) is 0.808. The Morgan fingerprint density at radius 2 is 2.11 bits per heavy atom. The molecule has 100 valence electrons. The summed E-state index contributed by atoms with van der Waals surface area (Å²) in [5, 5.41) is 13.1. The Bertz CT molecular complexity index is 398. The number of hydrogen-bond acceptors (Lipinski definition) is 2. The molecule has 2 N–H and O–H groups in total. The first-order chi connectivity index (χ1) is 8.49. The van der Waals surface area contributed by atoms with Crippen LogP contribution in [0.2, 0.25) is 0 Å². The van der Waals surface area contributed by atoms with Gasteiger partial charge in [-0.05, 0) is 48.3 Å². The average Bonchev–Trinajstić information content (AvgIpc) is 3.10. The second kappa shape index (κ2) is 5.31. The van der Waals surface area contributed by atoms with Crippen molar-refractivity contribution in [1.29, 1.82) is 0 Å². The van der Waals surface area contributed by atoms with Crippen molar-refractivity contribution in [3.63, 3.8) is 0 Å². The summed E-state index contributed by atoms with van der Waals surface area (Å²) in [5.74, 6) is 1.22. The van der Waals surface area contributed by atoms with E-state index in [1.54, 1.807) is 6.07 Å². The van der Waals surface area contributed by atoms with Gasteiger partial charge in [0.2, 0.25) is 0 Å². The number of nitrogens with one attached hydrogen (secondary N) is 1. The van der Waals surface area contributed by atoms with Gasteiger partial charge >= 0.3 is 0 Å². The van der Waals surface area contributed by atoms with Crippen molar-refractivity contribution < 1.29 is 5.11 Å². The smallest absolute Gasteiger partial charge is 0.115 e. The largest absolute Gasteiger partial charge is 0.508 e. The maximum absolute atomic E-state index is 9.57. The summed E-state index contributed by atoms with van der Waals surface area (Å²) in [6.07, 6.45) is 3.76. The Labute approximate surface area is 110 Å². The highest BCUT2D eigenvalue weighted by atomic mass is 16.3. The summed E-state index contributed by atoms with van der Waals surface area (Å²) in [7, 11) is 0. The standard InChI is InChI=1S/C16H25NO/c1-12(2)17-11-16(3,14-7-8-14)10-13-5-4-6-15(18)9-13/h4-6,9,12,14,17-18H,7-8,10-11H2,1-3H3. The number of phenolic OH excluding ortho intramolecular Hbond substituents is 1. The van der Waals surface area contributed by atoms with Crippen LogP contribution < -0.4 is 5.32 Å². The van der Waals surface area contributed by atoms with Gasteiger partial charge in [-0.2, -0.15) is 0 Å². The Kier molecular flexibility index (Phi) is 3.96. The molecular weight excluding hydrogens is 222 g/mol. The third-order valence-corrected chi connectivity index (χ3v) is 4.00. The normalized spacial score (nSPS) is 18.9. The van der Waals surface area contributed by atoms with E-state index in [-0.39, 0.29) is 0 Å². The van der Waals surface area contributed by atoms with Crippen LogP contribution in [0.4, 0.5) is 0 Å². The highest BCUT2D eigenvalue weighted by Crippen LogP contribution is 2.47. The SMILES string of the molecule is CC(C)NCC(C)(Cc1cccc(O)c1)C1CC1. The molecule has 18 heavy (non-hydrogen) atoms. The molecule has 1 atom stereocenters. The lowest BCUT2D eigenvalue weighted by atomic mass is 9.78. The molecule has 0 heterocycles. The zero-order valence-electron chi connectivity index (χ0n) is 11.7. The van der Waals surface area contributed by atoms with E-state index in [0.717, 1.165) is 18.9 Å². The van der Waals surface area contributed by atoms with Crippen molar-refractivity contribution >= 4 is 0 Å². The Morgan fingerprint density at radius 3 is 2.67 bits per heavy atom. The Morgan fingerprint density at radius 1 is 1.39 bits per heavy atom. The zero-order valence-corrected chi connectivity index (χ0v) is 11.7.